The van der Waals surface area contributed by atoms with Gasteiger partial charge in [0.25, 0.3) is 0 Å². The molecule has 1 aromatic heterocycles. The second-order valence-corrected chi connectivity index (χ2v) is 4.88. The first kappa shape index (κ1) is 11.3. The van der Waals surface area contributed by atoms with Crippen molar-refractivity contribution in [2.75, 3.05) is 0 Å². The maximum atomic E-state index is 11.8. The number of carbonyl (C=O) groups excluding carboxylic acids is 1. The second-order valence-electron chi connectivity index (χ2n) is 4.88. The Hall–Kier alpha value is -1.84. The minimum Gasteiger partial charge on any atom is -0.438 e. The van der Waals surface area contributed by atoms with Gasteiger partial charge in [-0.05, 0) is 31.9 Å². The van der Waals surface area contributed by atoms with Crippen molar-refractivity contribution >= 4 is 17.0 Å². The van der Waals surface area contributed by atoms with Crippen LogP contribution in [0.4, 0.5) is 0 Å². The van der Waals surface area contributed by atoms with Crippen LogP contribution in [0, 0.1) is 5.92 Å². The first-order valence-corrected chi connectivity index (χ1v) is 6.40. The molecule has 4 heteroatoms. The van der Waals surface area contributed by atoms with E-state index in [2.05, 4.69) is 10.3 Å². The van der Waals surface area contributed by atoms with E-state index in [9.17, 15) is 4.79 Å². The van der Waals surface area contributed by atoms with Crippen molar-refractivity contribution in [3.63, 3.8) is 0 Å². The molecule has 0 radical (unpaired) electrons. The minimum absolute atomic E-state index is 0.121. The predicted molar refractivity (Wildman–Crippen MR) is 67.9 cm³/mol. The Labute approximate surface area is 105 Å². The molecule has 2 aromatic rings. The Balaban J connectivity index is 1.74. The maximum Gasteiger partial charge on any atom is 0.223 e. The summed E-state index contributed by atoms with van der Waals surface area (Å²) in [4.78, 5) is 16.2. The second kappa shape index (κ2) is 4.44. The Morgan fingerprint density at radius 2 is 2.22 bits per heavy atom. The van der Waals surface area contributed by atoms with Gasteiger partial charge in [-0.25, -0.2) is 4.98 Å². The lowest BCUT2D eigenvalue weighted by molar-refractivity contribution is -0.128. The van der Waals surface area contributed by atoms with Crippen LogP contribution in [0.2, 0.25) is 0 Å². The van der Waals surface area contributed by atoms with E-state index in [1.165, 1.54) is 0 Å². The molecule has 1 aromatic carbocycles. The molecule has 1 amide bonds. The first-order valence-electron chi connectivity index (χ1n) is 6.40. The molecule has 1 fully saturated rings. The molecule has 18 heavy (non-hydrogen) atoms. The molecule has 3 rings (SSSR count). The summed E-state index contributed by atoms with van der Waals surface area (Å²) in [5.41, 5.74) is 1.59. The highest BCUT2D eigenvalue weighted by molar-refractivity contribution is 5.79. The van der Waals surface area contributed by atoms with Gasteiger partial charge in [0, 0.05) is 5.92 Å². The fraction of sp³-hybridized carbons (Fsp3) is 0.429. The molecule has 1 aliphatic rings. The first-order chi connectivity index (χ1) is 8.74. The molecule has 4 nitrogen and oxygen atoms in total. The monoisotopic (exact) mass is 244 g/mol. The molecule has 94 valence electrons. The number of benzene rings is 1. The highest BCUT2D eigenvalue weighted by Crippen LogP contribution is 2.27. The number of oxazole rings is 1. The number of fused-ring (bicyclic) bond motifs is 1. The van der Waals surface area contributed by atoms with Gasteiger partial charge in [-0.2, -0.15) is 0 Å². The minimum atomic E-state index is -0.175. The van der Waals surface area contributed by atoms with Crippen molar-refractivity contribution in [2.45, 2.75) is 32.2 Å². The normalized spacial score (nSPS) is 17.4. The third kappa shape index (κ3) is 1.98. The van der Waals surface area contributed by atoms with Crippen LogP contribution in [-0.4, -0.2) is 10.9 Å². The van der Waals surface area contributed by atoms with E-state index >= 15 is 0 Å². The van der Waals surface area contributed by atoms with Crippen LogP contribution in [-0.2, 0) is 4.79 Å². The predicted octanol–water partition coefficient (Wildman–Crippen LogP) is 2.81. The summed E-state index contributed by atoms with van der Waals surface area (Å²) in [6.45, 7) is 1.90. The lowest BCUT2D eigenvalue weighted by atomic mass is 9.84. The molecular formula is C14H16N2O2. The van der Waals surface area contributed by atoms with Gasteiger partial charge in [0.05, 0.1) is 0 Å². The number of aromatic nitrogens is 1. The number of para-hydroxylation sites is 2. The summed E-state index contributed by atoms with van der Waals surface area (Å²) in [6.07, 6.45) is 3.17. The quantitative estimate of drug-likeness (QED) is 0.903. The van der Waals surface area contributed by atoms with Crippen LogP contribution in [0.15, 0.2) is 28.7 Å². The zero-order chi connectivity index (χ0) is 12.5. The van der Waals surface area contributed by atoms with Gasteiger partial charge in [-0.1, -0.05) is 18.6 Å². The van der Waals surface area contributed by atoms with Crippen LogP contribution in [0.25, 0.3) is 11.1 Å². The summed E-state index contributed by atoms with van der Waals surface area (Å²) in [7, 11) is 0. The molecule has 1 saturated carbocycles. The van der Waals surface area contributed by atoms with Crippen molar-refractivity contribution in [1.29, 1.82) is 0 Å². The van der Waals surface area contributed by atoms with E-state index in [0.29, 0.717) is 5.89 Å². The molecule has 1 aliphatic carbocycles. The zero-order valence-corrected chi connectivity index (χ0v) is 10.3. The molecule has 0 spiro atoms. The fourth-order valence-electron chi connectivity index (χ4n) is 2.14. The van der Waals surface area contributed by atoms with Gasteiger partial charge >= 0.3 is 0 Å². The molecule has 0 unspecified atom stereocenters. The van der Waals surface area contributed by atoms with Gasteiger partial charge in [0.2, 0.25) is 11.8 Å². The summed E-state index contributed by atoms with van der Waals surface area (Å²) in [5, 5.41) is 2.96. The van der Waals surface area contributed by atoms with E-state index in [-0.39, 0.29) is 17.9 Å². The number of hydrogen-bond donors (Lipinski definition) is 1. The van der Waals surface area contributed by atoms with Crippen molar-refractivity contribution < 1.29 is 9.21 Å². The van der Waals surface area contributed by atoms with Gasteiger partial charge in [0.1, 0.15) is 11.6 Å². The number of hydrogen-bond acceptors (Lipinski definition) is 3. The number of rotatable bonds is 3. The van der Waals surface area contributed by atoms with Crippen LogP contribution in [0.5, 0.6) is 0 Å². The van der Waals surface area contributed by atoms with E-state index in [4.69, 9.17) is 4.42 Å². The summed E-state index contributed by atoms with van der Waals surface area (Å²) in [5.74, 6) is 0.886. The van der Waals surface area contributed by atoms with Crippen molar-refractivity contribution in [1.82, 2.24) is 10.3 Å². The maximum absolute atomic E-state index is 11.8. The largest absolute Gasteiger partial charge is 0.438 e. The van der Waals surface area contributed by atoms with E-state index in [0.717, 1.165) is 30.4 Å². The molecule has 0 saturated heterocycles. The average Bonchev–Trinajstić information content (AvgIpc) is 2.69. The van der Waals surface area contributed by atoms with Crippen LogP contribution in [0.1, 0.15) is 38.1 Å². The molecule has 1 atom stereocenters. The van der Waals surface area contributed by atoms with Crippen molar-refractivity contribution in [3.05, 3.63) is 30.2 Å². The van der Waals surface area contributed by atoms with E-state index in [1.54, 1.807) is 0 Å². The Morgan fingerprint density at radius 1 is 1.44 bits per heavy atom. The molecule has 1 heterocycles. The third-order valence-corrected chi connectivity index (χ3v) is 3.52. The SMILES string of the molecule is C[C@@H](NC(=O)C1CCC1)c1nc2ccccc2o1. The van der Waals surface area contributed by atoms with Crippen LogP contribution in [0.3, 0.4) is 0 Å². The van der Waals surface area contributed by atoms with Gasteiger partial charge in [-0.15, -0.1) is 0 Å². The van der Waals surface area contributed by atoms with Gasteiger partial charge in [0.15, 0.2) is 5.58 Å². The van der Waals surface area contributed by atoms with Crippen LogP contribution < -0.4 is 5.32 Å². The smallest absolute Gasteiger partial charge is 0.223 e. The summed E-state index contributed by atoms with van der Waals surface area (Å²) >= 11 is 0. The fourth-order valence-corrected chi connectivity index (χ4v) is 2.14. The molecular weight excluding hydrogens is 228 g/mol. The Bertz CT molecular complexity index is 539. The van der Waals surface area contributed by atoms with Gasteiger partial charge in [-0.3, -0.25) is 4.79 Å². The topological polar surface area (TPSA) is 55.1 Å². The van der Waals surface area contributed by atoms with Crippen molar-refractivity contribution in [2.24, 2.45) is 5.92 Å². The Kier molecular flexibility index (Phi) is 2.78. The Morgan fingerprint density at radius 3 is 2.89 bits per heavy atom. The van der Waals surface area contributed by atoms with Crippen molar-refractivity contribution in [3.8, 4) is 0 Å². The average molecular weight is 244 g/mol. The molecule has 0 aliphatic heterocycles. The number of carbonyl (C=O) groups is 1. The highest BCUT2D eigenvalue weighted by Gasteiger charge is 2.27. The lowest BCUT2D eigenvalue weighted by Gasteiger charge is -2.25. The van der Waals surface area contributed by atoms with Crippen LogP contribution >= 0.6 is 0 Å². The number of nitrogens with zero attached hydrogens (tertiary/aromatic N) is 1. The molecule has 1 N–H and O–H groups in total. The highest BCUT2D eigenvalue weighted by atomic mass is 16.3. The van der Waals surface area contributed by atoms with E-state index in [1.807, 2.05) is 31.2 Å². The zero-order valence-electron chi connectivity index (χ0n) is 10.3. The number of nitrogens with one attached hydrogen (secondary N) is 1. The number of amides is 1. The third-order valence-electron chi connectivity index (χ3n) is 3.52. The van der Waals surface area contributed by atoms with Gasteiger partial charge < -0.3 is 9.73 Å². The summed E-state index contributed by atoms with van der Waals surface area (Å²) < 4.78 is 5.64. The molecule has 0 bridgehead atoms. The lowest BCUT2D eigenvalue weighted by Crippen LogP contribution is -2.36. The summed E-state index contributed by atoms with van der Waals surface area (Å²) in [6, 6.07) is 7.45. The standard InChI is InChI=1S/C14H16N2O2/c1-9(15-13(17)10-5-4-6-10)14-16-11-7-2-3-8-12(11)18-14/h2-3,7-10H,4-6H2,1H3,(H,15,17)/t9-/m1/s1. The van der Waals surface area contributed by atoms with E-state index < -0.39 is 0 Å².